The van der Waals surface area contributed by atoms with E-state index in [2.05, 4.69) is 21.2 Å². The minimum atomic E-state index is -0.870. The zero-order chi connectivity index (χ0) is 9.97. The van der Waals surface area contributed by atoms with E-state index >= 15 is 0 Å². The predicted molar refractivity (Wildman–Crippen MR) is 59.0 cm³/mol. The van der Waals surface area contributed by atoms with E-state index in [1.54, 1.807) is 0 Å². The van der Waals surface area contributed by atoms with Crippen LogP contribution < -0.4 is 5.32 Å². The summed E-state index contributed by atoms with van der Waals surface area (Å²) in [6.07, 6.45) is 1.16. The first-order valence-corrected chi connectivity index (χ1v) is 5.69. The van der Waals surface area contributed by atoms with Gasteiger partial charge in [-0.15, -0.1) is 0 Å². The van der Waals surface area contributed by atoms with Crippen LogP contribution in [-0.4, -0.2) is 12.6 Å². The third-order valence-corrected chi connectivity index (χ3v) is 3.17. The molecule has 1 N–H and O–H groups in total. The van der Waals surface area contributed by atoms with Gasteiger partial charge in [0.25, 0.3) is 0 Å². The van der Waals surface area contributed by atoms with E-state index in [4.69, 9.17) is 0 Å². The summed E-state index contributed by atoms with van der Waals surface area (Å²) in [4.78, 5) is 0. The highest BCUT2D eigenvalue weighted by Gasteiger charge is 2.25. The van der Waals surface area contributed by atoms with Crippen molar-refractivity contribution in [1.82, 2.24) is 5.32 Å². The molecule has 0 spiro atoms. The van der Waals surface area contributed by atoms with Crippen LogP contribution in [0.5, 0.6) is 0 Å². The Kier molecular flexibility index (Phi) is 3.19. The lowest BCUT2D eigenvalue weighted by atomic mass is 10.0. The molecule has 0 saturated carbocycles. The third kappa shape index (κ3) is 2.15. The van der Waals surface area contributed by atoms with Gasteiger partial charge >= 0.3 is 0 Å². The Bertz CT molecular complexity index is 293. The second-order valence-electron chi connectivity index (χ2n) is 3.66. The molecule has 2 rings (SSSR count). The van der Waals surface area contributed by atoms with Gasteiger partial charge in [-0.2, -0.15) is 0 Å². The van der Waals surface area contributed by atoms with Gasteiger partial charge < -0.3 is 5.32 Å². The molecule has 1 heterocycles. The van der Waals surface area contributed by atoms with Gasteiger partial charge in [0.15, 0.2) is 0 Å². The minimum Gasteiger partial charge on any atom is -0.311 e. The van der Waals surface area contributed by atoms with Gasteiger partial charge in [-0.25, -0.2) is 4.39 Å². The second-order valence-corrected chi connectivity index (χ2v) is 4.57. The number of nitrogens with one attached hydrogen (secondary N) is 1. The molecular formula is C11H13BrFN. The van der Waals surface area contributed by atoms with E-state index < -0.39 is 6.17 Å². The normalized spacial score (nSPS) is 23.7. The van der Waals surface area contributed by atoms with Crippen LogP contribution in [0, 0.1) is 0 Å². The molecule has 0 radical (unpaired) electrons. The van der Waals surface area contributed by atoms with E-state index in [1.807, 2.05) is 24.3 Å². The first-order chi connectivity index (χ1) is 6.77. The van der Waals surface area contributed by atoms with Crippen molar-refractivity contribution in [2.24, 2.45) is 0 Å². The zero-order valence-electron chi connectivity index (χ0n) is 7.84. The Balaban J connectivity index is 2.09. The van der Waals surface area contributed by atoms with Crippen molar-refractivity contribution >= 4 is 15.9 Å². The lowest BCUT2D eigenvalue weighted by molar-refractivity contribution is 0.271. The molecule has 1 aliphatic rings. The van der Waals surface area contributed by atoms with Crippen molar-refractivity contribution < 1.29 is 4.39 Å². The van der Waals surface area contributed by atoms with Crippen LogP contribution in [0.1, 0.15) is 24.6 Å². The monoisotopic (exact) mass is 257 g/mol. The van der Waals surface area contributed by atoms with Crippen molar-refractivity contribution in [3.63, 3.8) is 0 Å². The van der Waals surface area contributed by atoms with Crippen molar-refractivity contribution in [3.05, 3.63) is 34.3 Å². The standard InChI is InChI=1S/C11H13BrFN/c12-9-5-3-8(4-6-9)11(13)10-2-1-7-14-10/h3-6,10-11,14H,1-2,7H2. The van der Waals surface area contributed by atoms with Crippen LogP contribution in [0.4, 0.5) is 4.39 Å². The van der Waals surface area contributed by atoms with Gasteiger partial charge in [-0.05, 0) is 37.1 Å². The average molecular weight is 258 g/mol. The Morgan fingerprint density at radius 2 is 2.07 bits per heavy atom. The quantitative estimate of drug-likeness (QED) is 0.858. The fourth-order valence-electron chi connectivity index (χ4n) is 1.84. The van der Waals surface area contributed by atoms with Crippen LogP contribution in [-0.2, 0) is 0 Å². The summed E-state index contributed by atoms with van der Waals surface area (Å²) in [5.74, 6) is 0. The molecule has 76 valence electrons. The Morgan fingerprint density at radius 1 is 1.36 bits per heavy atom. The van der Waals surface area contributed by atoms with Crippen LogP contribution in [0.25, 0.3) is 0 Å². The van der Waals surface area contributed by atoms with E-state index in [1.165, 1.54) is 0 Å². The maximum Gasteiger partial charge on any atom is 0.140 e. The predicted octanol–water partition coefficient (Wildman–Crippen LogP) is 3.21. The van der Waals surface area contributed by atoms with Crippen LogP contribution >= 0.6 is 15.9 Å². The summed E-state index contributed by atoms with van der Waals surface area (Å²) in [6, 6.07) is 7.47. The van der Waals surface area contributed by atoms with Gasteiger partial charge in [-0.1, -0.05) is 28.1 Å². The van der Waals surface area contributed by atoms with Gasteiger partial charge in [0.05, 0.1) is 0 Å². The summed E-state index contributed by atoms with van der Waals surface area (Å²) >= 11 is 3.34. The highest BCUT2D eigenvalue weighted by atomic mass is 79.9. The number of benzene rings is 1. The number of rotatable bonds is 2. The van der Waals surface area contributed by atoms with Crippen molar-refractivity contribution in [3.8, 4) is 0 Å². The molecule has 0 amide bonds. The smallest absolute Gasteiger partial charge is 0.140 e. The molecule has 3 heteroatoms. The van der Waals surface area contributed by atoms with Gasteiger partial charge in [0.1, 0.15) is 6.17 Å². The SMILES string of the molecule is FC(c1ccc(Br)cc1)C1CCCN1. The Hall–Kier alpha value is -0.410. The molecule has 14 heavy (non-hydrogen) atoms. The first-order valence-electron chi connectivity index (χ1n) is 4.90. The molecule has 1 fully saturated rings. The molecule has 0 bridgehead atoms. The van der Waals surface area contributed by atoms with Crippen LogP contribution in [0.2, 0.25) is 0 Å². The lowest BCUT2D eigenvalue weighted by Crippen LogP contribution is -2.26. The van der Waals surface area contributed by atoms with Crippen LogP contribution in [0.15, 0.2) is 28.7 Å². The highest BCUT2D eigenvalue weighted by molar-refractivity contribution is 9.10. The summed E-state index contributed by atoms with van der Waals surface area (Å²) in [5, 5.41) is 3.18. The number of halogens is 2. The van der Waals surface area contributed by atoms with Gasteiger partial charge in [0.2, 0.25) is 0 Å². The van der Waals surface area contributed by atoms with Crippen molar-refractivity contribution in [2.45, 2.75) is 25.1 Å². The largest absolute Gasteiger partial charge is 0.311 e. The van der Waals surface area contributed by atoms with Crippen molar-refractivity contribution in [1.29, 1.82) is 0 Å². The summed E-state index contributed by atoms with van der Waals surface area (Å²) in [5.41, 5.74) is 0.771. The Labute approximate surface area is 91.8 Å². The Morgan fingerprint density at radius 3 is 2.64 bits per heavy atom. The van der Waals surface area contributed by atoms with Crippen LogP contribution in [0.3, 0.4) is 0 Å². The molecule has 2 unspecified atom stereocenters. The summed E-state index contributed by atoms with van der Waals surface area (Å²) < 4.78 is 14.9. The molecule has 1 aromatic carbocycles. The van der Waals surface area contributed by atoms with Gasteiger partial charge in [0, 0.05) is 10.5 Å². The average Bonchev–Trinajstić information content (AvgIpc) is 2.71. The molecule has 1 aromatic rings. The molecule has 1 nitrogen and oxygen atoms in total. The third-order valence-electron chi connectivity index (χ3n) is 2.64. The molecular weight excluding hydrogens is 245 g/mol. The molecule has 2 atom stereocenters. The fraction of sp³-hybridized carbons (Fsp3) is 0.455. The maximum absolute atomic E-state index is 13.9. The maximum atomic E-state index is 13.9. The zero-order valence-corrected chi connectivity index (χ0v) is 9.43. The molecule has 1 aliphatic heterocycles. The fourth-order valence-corrected chi connectivity index (χ4v) is 2.10. The summed E-state index contributed by atoms with van der Waals surface area (Å²) in [7, 11) is 0. The summed E-state index contributed by atoms with van der Waals surface area (Å²) in [6.45, 7) is 0.946. The highest BCUT2D eigenvalue weighted by Crippen LogP contribution is 2.27. The van der Waals surface area contributed by atoms with E-state index in [9.17, 15) is 4.39 Å². The number of hydrogen-bond acceptors (Lipinski definition) is 1. The lowest BCUT2D eigenvalue weighted by Gasteiger charge is -2.16. The molecule has 0 aromatic heterocycles. The van der Waals surface area contributed by atoms with E-state index in [0.29, 0.717) is 0 Å². The minimum absolute atomic E-state index is 0.0103. The second kappa shape index (κ2) is 4.41. The first kappa shape index (κ1) is 10.1. The number of alkyl halides is 1. The van der Waals surface area contributed by atoms with Crippen molar-refractivity contribution in [2.75, 3.05) is 6.54 Å². The molecule has 1 saturated heterocycles. The van der Waals surface area contributed by atoms with Gasteiger partial charge in [-0.3, -0.25) is 0 Å². The van der Waals surface area contributed by atoms with E-state index in [0.717, 1.165) is 29.4 Å². The topological polar surface area (TPSA) is 12.0 Å². The number of hydrogen-bond donors (Lipinski definition) is 1. The van der Waals surface area contributed by atoms with E-state index in [-0.39, 0.29) is 6.04 Å². The molecule has 0 aliphatic carbocycles.